The van der Waals surface area contributed by atoms with Crippen molar-refractivity contribution in [1.82, 2.24) is 15.1 Å². The van der Waals surface area contributed by atoms with E-state index in [1.807, 2.05) is 18.5 Å². The van der Waals surface area contributed by atoms with E-state index in [9.17, 15) is 4.79 Å². The summed E-state index contributed by atoms with van der Waals surface area (Å²) in [5.74, 6) is 2.85. The van der Waals surface area contributed by atoms with E-state index >= 15 is 0 Å². The SMILES string of the molecule is CCC(NC(=O)c1c(C)nn(CC)c1C)C12CC3CC(CC(C3)C1)C2. The van der Waals surface area contributed by atoms with E-state index in [1.165, 1.54) is 38.5 Å². The summed E-state index contributed by atoms with van der Waals surface area (Å²) in [7, 11) is 0. The van der Waals surface area contributed by atoms with Gasteiger partial charge in [0.15, 0.2) is 0 Å². The van der Waals surface area contributed by atoms with Crippen LogP contribution in [0.15, 0.2) is 0 Å². The topological polar surface area (TPSA) is 46.9 Å². The summed E-state index contributed by atoms with van der Waals surface area (Å²) in [6.45, 7) is 9.11. The fraction of sp³-hybridized carbons (Fsp3) is 0.810. The number of nitrogens with zero attached hydrogens (tertiary/aromatic N) is 2. The maximum absolute atomic E-state index is 13.1. The van der Waals surface area contributed by atoms with Gasteiger partial charge in [0, 0.05) is 18.3 Å². The molecule has 138 valence electrons. The first kappa shape index (κ1) is 17.1. The Morgan fingerprint density at radius 1 is 1.16 bits per heavy atom. The zero-order valence-corrected chi connectivity index (χ0v) is 16.3. The lowest BCUT2D eigenvalue weighted by Crippen LogP contribution is -2.56. The first-order valence-electron chi connectivity index (χ1n) is 10.3. The Kier molecular flexibility index (Phi) is 4.20. The van der Waals surface area contributed by atoms with Crippen molar-refractivity contribution >= 4 is 5.91 Å². The van der Waals surface area contributed by atoms with Gasteiger partial charge in [-0.2, -0.15) is 5.10 Å². The van der Waals surface area contributed by atoms with Crippen molar-refractivity contribution in [3.8, 4) is 0 Å². The summed E-state index contributed by atoms with van der Waals surface area (Å²) < 4.78 is 1.94. The maximum atomic E-state index is 13.1. The quantitative estimate of drug-likeness (QED) is 0.869. The largest absolute Gasteiger partial charge is 0.349 e. The summed E-state index contributed by atoms with van der Waals surface area (Å²) >= 11 is 0. The molecular weight excluding hydrogens is 310 g/mol. The lowest BCUT2D eigenvalue weighted by molar-refractivity contribution is -0.0727. The van der Waals surface area contributed by atoms with Crippen molar-refractivity contribution in [1.29, 1.82) is 0 Å². The molecule has 1 aromatic rings. The zero-order chi connectivity index (χ0) is 17.8. The third-order valence-corrected chi connectivity index (χ3v) is 7.45. The average molecular weight is 344 g/mol. The maximum Gasteiger partial charge on any atom is 0.255 e. The van der Waals surface area contributed by atoms with Crippen molar-refractivity contribution in [3.05, 3.63) is 17.0 Å². The number of carbonyl (C=O) groups excluding carboxylic acids is 1. The highest BCUT2D eigenvalue weighted by Gasteiger charge is 2.54. The number of amides is 1. The number of rotatable bonds is 5. The average Bonchev–Trinajstić information content (AvgIpc) is 2.85. The van der Waals surface area contributed by atoms with Crippen molar-refractivity contribution in [2.24, 2.45) is 23.2 Å². The Labute approximate surface area is 151 Å². The van der Waals surface area contributed by atoms with E-state index in [0.29, 0.717) is 11.5 Å². The second-order valence-electron chi connectivity index (χ2n) is 9.08. The monoisotopic (exact) mass is 343 g/mol. The molecule has 1 unspecified atom stereocenters. The number of nitrogens with one attached hydrogen (secondary N) is 1. The summed E-state index contributed by atoms with van der Waals surface area (Å²) in [6, 6.07) is 0.317. The van der Waals surface area contributed by atoms with Crippen LogP contribution in [0.3, 0.4) is 0 Å². The Balaban J connectivity index is 1.57. The molecule has 1 atom stereocenters. The van der Waals surface area contributed by atoms with Gasteiger partial charge in [0.1, 0.15) is 0 Å². The fourth-order valence-corrected chi connectivity index (χ4v) is 6.86. The fourth-order valence-electron chi connectivity index (χ4n) is 6.86. The lowest BCUT2D eigenvalue weighted by atomic mass is 9.47. The van der Waals surface area contributed by atoms with Gasteiger partial charge < -0.3 is 5.32 Å². The minimum absolute atomic E-state index is 0.0947. The number of hydrogen-bond donors (Lipinski definition) is 1. The Morgan fingerprint density at radius 3 is 2.16 bits per heavy atom. The van der Waals surface area contributed by atoms with Crippen LogP contribution < -0.4 is 5.32 Å². The molecule has 4 saturated carbocycles. The van der Waals surface area contributed by atoms with Gasteiger partial charge in [-0.25, -0.2) is 0 Å². The number of aromatic nitrogens is 2. The van der Waals surface area contributed by atoms with Crippen LogP contribution in [-0.2, 0) is 6.54 Å². The van der Waals surface area contributed by atoms with Gasteiger partial charge in [-0.3, -0.25) is 9.48 Å². The molecule has 0 radical (unpaired) electrons. The molecule has 1 heterocycles. The Bertz CT molecular complexity index is 640. The van der Waals surface area contributed by atoms with Gasteiger partial charge in [-0.15, -0.1) is 0 Å². The molecule has 4 aliphatic carbocycles. The Morgan fingerprint density at radius 2 is 1.72 bits per heavy atom. The molecular formula is C21H33N3O. The van der Waals surface area contributed by atoms with Crippen LogP contribution >= 0.6 is 0 Å². The van der Waals surface area contributed by atoms with Crippen LogP contribution in [0.25, 0.3) is 0 Å². The van der Waals surface area contributed by atoms with Crippen LogP contribution in [0.2, 0.25) is 0 Å². The van der Waals surface area contributed by atoms with Gasteiger partial charge in [0.2, 0.25) is 0 Å². The van der Waals surface area contributed by atoms with Gasteiger partial charge in [-0.05, 0) is 88.9 Å². The third-order valence-electron chi connectivity index (χ3n) is 7.45. The standard InChI is InChI=1S/C21H33N3O/c1-5-18(21-10-15-7-16(11-21)9-17(8-15)12-21)22-20(25)19-13(3)23-24(6-2)14(19)4/h15-18H,5-12H2,1-4H3,(H,22,25). The normalized spacial score (nSPS) is 34.3. The summed E-state index contributed by atoms with van der Waals surface area (Å²) in [4.78, 5) is 13.1. The highest BCUT2D eigenvalue weighted by molar-refractivity contribution is 5.96. The molecule has 4 aliphatic rings. The van der Waals surface area contributed by atoms with Crippen molar-refractivity contribution in [3.63, 3.8) is 0 Å². The predicted octanol–water partition coefficient (Wildman–Crippen LogP) is 4.24. The van der Waals surface area contributed by atoms with E-state index in [-0.39, 0.29) is 5.91 Å². The molecule has 4 nitrogen and oxygen atoms in total. The molecule has 4 bridgehead atoms. The van der Waals surface area contributed by atoms with Crippen LogP contribution in [0.5, 0.6) is 0 Å². The first-order valence-corrected chi connectivity index (χ1v) is 10.3. The minimum atomic E-state index is 0.0947. The molecule has 0 spiro atoms. The molecule has 5 rings (SSSR count). The number of hydrogen-bond acceptors (Lipinski definition) is 2. The summed E-state index contributed by atoms with van der Waals surface area (Å²) in [5.41, 5.74) is 3.02. The van der Waals surface area contributed by atoms with Gasteiger partial charge in [0.05, 0.1) is 11.3 Å². The molecule has 25 heavy (non-hydrogen) atoms. The van der Waals surface area contributed by atoms with Crippen molar-refractivity contribution in [2.75, 3.05) is 0 Å². The smallest absolute Gasteiger partial charge is 0.255 e. The predicted molar refractivity (Wildman–Crippen MR) is 99.5 cm³/mol. The highest BCUT2D eigenvalue weighted by atomic mass is 16.1. The molecule has 0 aromatic carbocycles. The van der Waals surface area contributed by atoms with E-state index in [0.717, 1.165) is 47.7 Å². The molecule has 1 aromatic heterocycles. The molecule has 4 heteroatoms. The van der Waals surface area contributed by atoms with Crippen molar-refractivity contribution < 1.29 is 4.79 Å². The van der Waals surface area contributed by atoms with Crippen molar-refractivity contribution in [2.45, 2.75) is 85.2 Å². The molecule has 0 saturated heterocycles. The summed E-state index contributed by atoms with van der Waals surface area (Å²) in [6.07, 6.45) is 9.40. The van der Waals surface area contributed by atoms with Gasteiger partial charge >= 0.3 is 0 Å². The third kappa shape index (κ3) is 2.72. The molecule has 4 fully saturated rings. The minimum Gasteiger partial charge on any atom is -0.349 e. The molecule has 1 amide bonds. The highest BCUT2D eigenvalue weighted by Crippen LogP contribution is 2.61. The van der Waals surface area contributed by atoms with Crippen LogP contribution in [0, 0.1) is 37.0 Å². The van der Waals surface area contributed by atoms with Crippen LogP contribution in [0.4, 0.5) is 0 Å². The van der Waals surface area contributed by atoms with Gasteiger partial charge in [0.25, 0.3) is 5.91 Å². The Hall–Kier alpha value is -1.32. The number of carbonyl (C=O) groups is 1. The second kappa shape index (κ2) is 6.14. The van der Waals surface area contributed by atoms with Crippen LogP contribution in [0.1, 0.15) is 80.5 Å². The van der Waals surface area contributed by atoms with Crippen LogP contribution in [-0.4, -0.2) is 21.7 Å². The zero-order valence-electron chi connectivity index (χ0n) is 16.3. The van der Waals surface area contributed by atoms with E-state index in [1.54, 1.807) is 0 Å². The molecule has 1 N–H and O–H groups in total. The number of aryl methyl sites for hydroxylation is 2. The van der Waals surface area contributed by atoms with Gasteiger partial charge in [-0.1, -0.05) is 6.92 Å². The lowest BCUT2D eigenvalue weighted by Gasteiger charge is -2.59. The van der Waals surface area contributed by atoms with E-state index < -0.39 is 0 Å². The first-order chi connectivity index (χ1) is 12.0. The summed E-state index contributed by atoms with van der Waals surface area (Å²) in [5, 5.41) is 8.00. The van der Waals surface area contributed by atoms with E-state index in [4.69, 9.17) is 0 Å². The molecule has 0 aliphatic heterocycles. The second-order valence-corrected chi connectivity index (χ2v) is 9.08. The van der Waals surface area contributed by atoms with E-state index in [2.05, 4.69) is 24.3 Å².